The number of guanidine groups is 1. The van der Waals surface area contributed by atoms with Gasteiger partial charge < -0.3 is 59.5 Å². The molecule has 0 saturated carbocycles. The summed E-state index contributed by atoms with van der Waals surface area (Å²) in [7, 11) is 1.50. The smallest absolute Gasteiger partial charge is 0.245 e. The van der Waals surface area contributed by atoms with Gasteiger partial charge in [-0.1, -0.05) is 91.0 Å². The predicted octanol–water partition coefficient (Wildman–Crippen LogP) is -2.99. The molecule has 0 spiro atoms. The number of hydrogen-bond donors (Lipinski definition) is 11. The molecule has 0 aliphatic rings. The van der Waals surface area contributed by atoms with Crippen LogP contribution in [0, 0.1) is 0 Å². The van der Waals surface area contributed by atoms with Crippen LogP contribution in [0.4, 0.5) is 0 Å². The van der Waals surface area contributed by atoms with Gasteiger partial charge in [0.2, 0.25) is 41.4 Å². The molecule has 60 heavy (non-hydrogen) atoms. The van der Waals surface area contributed by atoms with Crippen molar-refractivity contribution < 1.29 is 38.7 Å². The van der Waals surface area contributed by atoms with Gasteiger partial charge in [0.25, 0.3) is 0 Å². The maximum atomic E-state index is 14.1. The summed E-state index contributed by atoms with van der Waals surface area (Å²) < 4.78 is 0. The van der Waals surface area contributed by atoms with E-state index in [-0.39, 0.29) is 44.7 Å². The summed E-state index contributed by atoms with van der Waals surface area (Å²) in [6.07, 6.45) is 0.381. The van der Waals surface area contributed by atoms with E-state index in [1.165, 1.54) is 7.05 Å². The minimum atomic E-state index is -1.60. The molecule has 0 radical (unpaired) electrons. The molecular weight excluding hydrogens is 775 g/mol. The van der Waals surface area contributed by atoms with Gasteiger partial charge in [-0.25, -0.2) is 0 Å². The second kappa shape index (κ2) is 25.5. The zero-order valence-electron chi connectivity index (χ0n) is 33.4. The van der Waals surface area contributed by atoms with E-state index in [9.17, 15) is 38.7 Å². The predicted molar refractivity (Wildman–Crippen MR) is 223 cm³/mol. The van der Waals surface area contributed by atoms with Gasteiger partial charge in [0.15, 0.2) is 5.96 Å². The second-order valence-electron chi connectivity index (χ2n) is 13.7. The van der Waals surface area contributed by atoms with Crippen LogP contribution in [0.5, 0.6) is 0 Å². The molecule has 0 aliphatic carbocycles. The van der Waals surface area contributed by atoms with Crippen molar-refractivity contribution >= 4 is 47.3 Å². The Labute approximate surface area is 348 Å². The molecule has 19 heteroatoms. The molecule has 14 N–H and O–H groups in total. The lowest BCUT2D eigenvalue weighted by Gasteiger charge is -2.27. The van der Waals surface area contributed by atoms with Gasteiger partial charge in [-0.3, -0.25) is 38.6 Å². The van der Waals surface area contributed by atoms with Crippen molar-refractivity contribution in [3.05, 3.63) is 108 Å². The minimum absolute atomic E-state index is 0.0131. The number of amides is 7. The largest absolute Gasteiger partial charge is 0.394 e. The summed E-state index contributed by atoms with van der Waals surface area (Å²) in [4.78, 5) is 95.9. The summed E-state index contributed by atoms with van der Waals surface area (Å²) in [5.41, 5.74) is 18.7. The molecule has 5 atom stereocenters. The van der Waals surface area contributed by atoms with E-state index in [1.807, 2.05) is 0 Å². The van der Waals surface area contributed by atoms with Crippen molar-refractivity contribution in [1.82, 2.24) is 37.2 Å². The third-order valence-corrected chi connectivity index (χ3v) is 9.09. The molecule has 19 nitrogen and oxygen atoms in total. The van der Waals surface area contributed by atoms with Crippen LogP contribution < -0.4 is 54.4 Å². The average molecular weight is 830 g/mol. The van der Waals surface area contributed by atoms with Gasteiger partial charge in [-0.05, 0) is 29.5 Å². The highest BCUT2D eigenvalue weighted by atomic mass is 16.3. The normalized spacial score (nSPS) is 13.6. The van der Waals surface area contributed by atoms with Crippen LogP contribution in [0.25, 0.3) is 0 Å². The van der Waals surface area contributed by atoms with E-state index in [0.29, 0.717) is 17.5 Å². The number of carbonyl (C=O) groups is 7. The lowest BCUT2D eigenvalue weighted by molar-refractivity contribution is -0.135. The Hall–Kier alpha value is -6.86. The third-order valence-electron chi connectivity index (χ3n) is 9.09. The van der Waals surface area contributed by atoms with Crippen molar-refractivity contribution in [3.8, 4) is 0 Å². The summed E-state index contributed by atoms with van der Waals surface area (Å²) in [6.45, 7) is -1.43. The van der Waals surface area contributed by atoms with Crippen LogP contribution in [0.3, 0.4) is 0 Å². The molecule has 0 saturated heterocycles. The number of aliphatic imine (C=N–C) groups is 1. The molecule has 3 aromatic rings. The maximum Gasteiger partial charge on any atom is 0.245 e. The van der Waals surface area contributed by atoms with Crippen LogP contribution >= 0.6 is 0 Å². The van der Waals surface area contributed by atoms with Gasteiger partial charge in [0.05, 0.1) is 19.7 Å². The van der Waals surface area contributed by atoms with E-state index < -0.39 is 84.7 Å². The highest BCUT2D eigenvalue weighted by molar-refractivity contribution is 5.97. The molecule has 0 fully saturated rings. The van der Waals surface area contributed by atoms with Crippen LogP contribution in [0.2, 0.25) is 0 Å². The third kappa shape index (κ3) is 16.9. The fourth-order valence-electron chi connectivity index (χ4n) is 5.84. The first-order valence-electron chi connectivity index (χ1n) is 19.3. The fourth-order valence-corrected chi connectivity index (χ4v) is 5.84. The van der Waals surface area contributed by atoms with Crippen molar-refractivity contribution in [1.29, 1.82) is 0 Å². The zero-order valence-corrected chi connectivity index (χ0v) is 33.4. The number of primary amides is 1. The van der Waals surface area contributed by atoms with E-state index in [2.05, 4.69) is 42.2 Å². The number of nitrogens with one attached hydrogen (secondary N) is 7. The summed E-state index contributed by atoms with van der Waals surface area (Å²) >= 11 is 0. The maximum absolute atomic E-state index is 14.1. The van der Waals surface area contributed by atoms with Crippen molar-refractivity contribution in [2.24, 2.45) is 22.2 Å². The number of aliphatic hydroxyl groups is 1. The first-order chi connectivity index (χ1) is 28.8. The fraction of sp³-hybridized carbons (Fsp3) is 0.366. The standard InChI is InChI=1S/C41H55N11O8/c1-45-41(44)46-19-11-18-29(37(57)50-30(36(43)56)20-26-12-5-2-6-13-26)49-39(59)32(22-28-16-9-4-10-17-28)51-40(60)33(25-53)52-38(58)31(21-27-14-7-3-8-15-27)48-35(55)24-47-34(54)23-42/h2-10,12-17,29-33,53H,11,18-25,42H2,1H3,(H2,43,56)(H,47,54)(H,48,55)(H,49,59)(H,50,57)(H,51,60)(H,52,58)(H3,44,45,46)/t29-,30-,31-,32-,33-/m0/s1. The first kappa shape index (κ1) is 47.5. The Morgan fingerprint density at radius 2 is 0.983 bits per heavy atom. The summed E-state index contributed by atoms with van der Waals surface area (Å²) in [5.74, 6) is -5.21. The monoisotopic (exact) mass is 829 g/mol. The first-order valence-corrected chi connectivity index (χ1v) is 19.3. The van der Waals surface area contributed by atoms with Gasteiger partial charge >= 0.3 is 0 Å². The number of rotatable bonds is 24. The van der Waals surface area contributed by atoms with Crippen LogP contribution in [0.15, 0.2) is 96.0 Å². The summed E-state index contributed by atoms with van der Waals surface area (Å²) in [5, 5.41) is 28.4. The van der Waals surface area contributed by atoms with Crippen LogP contribution in [-0.4, -0.2) is 116 Å². The zero-order chi connectivity index (χ0) is 43.9. The number of nitrogens with zero attached hydrogens (tertiary/aromatic N) is 1. The number of nitrogens with two attached hydrogens (primary N) is 3. The number of aliphatic hydroxyl groups excluding tert-OH is 1. The topological polar surface area (TPSA) is 314 Å². The van der Waals surface area contributed by atoms with Crippen molar-refractivity contribution in [2.45, 2.75) is 62.3 Å². The molecule has 0 unspecified atom stereocenters. The number of hydrogen-bond acceptors (Lipinski definition) is 10. The molecule has 0 heterocycles. The van der Waals surface area contributed by atoms with E-state index >= 15 is 0 Å². The number of carbonyl (C=O) groups excluding carboxylic acids is 7. The van der Waals surface area contributed by atoms with Crippen molar-refractivity contribution in [3.63, 3.8) is 0 Å². The molecule has 3 aromatic carbocycles. The second-order valence-corrected chi connectivity index (χ2v) is 13.7. The number of benzene rings is 3. The van der Waals surface area contributed by atoms with Gasteiger partial charge in [-0.2, -0.15) is 0 Å². The van der Waals surface area contributed by atoms with Gasteiger partial charge in [0.1, 0.15) is 30.2 Å². The molecule has 322 valence electrons. The van der Waals surface area contributed by atoms with E-state index in [0.717, 1.165) is 5.56 Å². The molecule has 3 rings (SSSR count). The van der Waals surface area contributed by atoms with E-state index in [1.54, 1.807) is 91.0 Å². The highest BCUT2D eigenvalue weighted by Gasteiger charge is 2.32. The van der Waals surface area contributed by atoms with Gasteiger partial charge in [0, 0.05) is 32.9 Å². The Morgan fingerprint density at radius 1 is 0.567 bits per heavy atom. The molecule has 0 bridgehead atoms. The Bertz CT molecular complexity index is 1900. The lowest BCUT2D eigenvalue weighted by atomic mass is 10.0. The Kier molecular flexibility index (Phi) is 20.2. The molecule has 0 aliphatic heterocycles. The van der Waals surface area contributed by atoms with Crippen LogP contribution in [-0.2, 0) is 52.8 Å². The van der Waals surface area contributed by atoms with E-state index in [4.69, 9.17) is 17.2 Å². The lowest BCUT2D eigenvalue weighted by Crippen LogP contribution is -2.60. The Morgan fingerprint density at radius 3 is 1.45 bits per heavy atom. The van der Waals surface area contributed by atoms with Crippen LogP contribution in [0.1, 0.15) is 29.5 Å². The quantitative estimate of drug-likeness (QED) is 0.0246. The van der Waals surface area contributed by atoms with Gasteiger partial charge in [-0.15, -0.1) is 0 Å². The molecule has 7 amide bonds. The van der Waals surface area contributed by atoms with Crippen molar-refractivity contribution in [2.75, 3.05) is 33.3 Å². The SMILES string of the molecule is CN=C(N)NCCC[C@H](NC(=O)[C@H](Cc1ccccc1)NC(=O)[C@H](CO)NC(=O)[C@H](Cc1ccccc1)NC(=O)CNC(=O)CN)C(=O)N[C@@H](Cc1ccccc1)C(N)=O. The Balaban J connectivity index is 1.84. The highest BCUT2D eigenvalue weighted by Crippen LogP contribution is 2.09. The minimum Gasteiger partial charge on any atom is -0.394 e. The average Bonchev–Trinajstić information content (AvgIpc) is 3.25. The molecule has 0 aromatic heterocycles. The molecular formula is C41H55N11O8. The summed E-state index contributed by atoms with van der Waals surface area (Å²) in [6, 6.07) is 19.7.